The predicted octanol–water partition coefficient (Wildman–Crippen LogP) is 3.19. The summed E-state index contributed by atoms with van der Waals surface area (Å²) in [5, 5.41) is 8.75. The number of aromatic hydroxyl groups is 1. The van der Waals surface area contributed by atoms with Crippen molar-refractivity contribution in [2.45, 2.75) is 13.3 Å². The van der Waals surface area contributed by atoms with Crippen LogP contribution in [0.5, 0.6) is 5.75 Å². The average molecular weight is 221 g/mol. The third-order valence-corrected chi connectivity index (χ3v) is 2.14. The molecule has 1 N–H and O–H groups in total. The zero-order valence-electron chi connectivity index (χ0n) is 7.22. The third-order valence-electron chi connectivity index (χ3n) is 1.72. The van der Waals surface area contributed by atoms with Crippen molar-refractivity contribution in [1.29, 1.82) is 0 Å². The van der Waals surface area contributed by atoms with Gasteiger partial charge >= 0.3 is 0 Å². The van der Waals surface area contributed by atoms with E-state index >= 15 is 0 Å². The van der Waals surface area contributed by atoms with Crippen molar-refractivity contribution in [1.82, 2.24) is 0 Å². The molecule has 0 saturated carbocycles. The predicted molar refractivity (Wildman–Crippen MR) is 48.1 cm³/mol. The molecule has 0 amide bonds. The van der Waals surface area contributed by atoms with E-state index in [0.29, 0.717) is 0 Å². The molecule has 0 unspecified atom stereocenters. The van der Waals surface area contributed by atoms with Crippen LogP contribution in [0, 0.1) is 0 Å². The van der Waals surface area contributed by atoms with E-state index in [0.717, 1.165) is 12.1 Å². The van der Waals surface area contributed by atoms with Gasteiger partial charge in [-0.1, -0.05) is 11.6 Å². The van der Waals surface area contributed by atoms with Gasteiger partial charge in [-0.2, -0.15) is 0 Å². The summed E-state index contributed by atoms with van der Waals surface area (Å²) in [7, 11) is 0. The lowest BCUT2D eigenvalue weighted by molar-refractivity contribution is 0.101. The lowest BCUT2D eigenvalue weighted by Crippen LogP contribution is -1.96. The summed E-state index contributed by atoms with van der Waals surface area (Å²) in [6, 6.07) is 2.05. The van der Waals surface area contributed by atoms with Crippen LogP contribution >= 0.6 is 11.6 Å². The van der Waals surface area contributed by atoms with E-state index in [2.05, 4.69) is 0 Å². The molecule has 0 aliphatic rings. The molecule has 0 aliphatic carbocycles. The van der Waals surface area contributed by atoms with Crippen molar-refractivity contribution in [3.8, 4) is 5.75 Å². The molecule has 0 bridgehead atoms. The fraction of sp³-hybridized carbons (Fsp3) is 0.222. The van der Waals surface area contributed by atoms with Gasteiger partial charge < -0.3 is 5.11 Å². The molecule has 1 rings (SSSR count). The molecule has 1 aromatic carbocycles. The lowest BCUT2D eigenvalue weighted by atomic mass is 10.1. The van der Waals surface area contributed by atoms with E-state index in [1.807, 2.05) is 0 Å². The molecular formula is C9H7ClF2O2. The second-order valence-corrected chi connectivity index (χ2v) is 3.13. The number of benzene rings is 1. The Bertz CT molecular complexity index is 377. The number of carbonyl (C=O) groups is 1. The van der Waals surface area contributed by atoms with Crippen molar-refractivity contribution in [2.24, 2.45) is 0 Å². The van der Waals surface area contributed by atoms with Crippen molar-refractivity contribution < 1.29 is 18.7 Å². The molecule has 2 nitrogen and oxygen atoms in total. The molecule has 0 aromatic heterocycles. The Balaban J connectivity index is 3.35. The molecule has 14 heavy (non-hydrogen) atoms. The number of hydrogen-bond donors (Lipinski definition) is 1. The number of carbonyl (C=O) groups excluding carboxylic acids is 1. The van der Waals surface area contributed by atoms with Crippen molar-refractivity contribution in [2.75, 3.05) is 0 Å². The minimum Gasteiger partial charge on any atom is -0.506 e. The highest BCUT2D eigenvalue weighted by molar-refractivity contribution is 6.33. The van der Waals surface area contributed by atoms with E-state index in [9.17, 15) is 13.6 Å². The highest BCUT2D eigenvalue weighted by atomic mass is 35.5. The van der Waals surface area contributed by atoms with Gasteiger partial charge in [-0.05, 0) is 19.1 Å². The molecule has 0 heterocycles. The standard InChI is InChI=1S/C9H7ClF2O2/c1-4(13)5-2-6(9(11)12)8(10)7(14)3-5/h2-3,9,14H,1H3. The maximum Gasteiger partial charge on any atom is 0.265 e. The Hall–Kier alpha value is -1.16. The molecule has 0 radical (unpaired) electrons. The molecule has 76 valence electrons. The number of ketones is 1. The van der Waals surface area contributed by atoms with E-state index in [4.69, 9.17) is 16.7 Å². The fourth-order valence-corrected chi connectivity index (χ4v) is 1.18. The molecule has 0 spiro atoms. The molecule has 5 heteroatoms. The van der Waals surface area contributed by atoms with Crippen LogP contribution in [0.25, 0.3) is 0 Å². The van der Waals surface area contributed by atoms with E-state index in [1.54, 1.807) is 0 Å². The Labute approximate surface area is 84.1 Å². The van der Waals surface area contributed by atoms with Gasteiger partial charge in [-0.25, -0.2) is 8.78 Å². The molecular weight excluding hydrogens is 214 g/mol. The van der Waals surface area contributed by atoms with Gasteiger partial charge in [-0.15, -0.1) is 0 Å². The summed E-state index contributed by atoms with van der Waals surface area (Å²) in [4.78, 5) is 10.9. The quantitative estimate of drug-likeness (QED) is 0.778. The van der Waals surface area contributed by atoms with Crippen LogP contribution in [-0.2, 0) is 0 Å². The van der Waals surface area contributed by atoms with Gasteiger partial charge in [0.2, 0.25) is 0 Å². The van der Waals surface area contributed by atoms with Crippen LogP contribution in [0.1, 0.15) is 29.3 Å². The molecule has 0 atom stereocenters. The monoisotopic (exact) mass is 220 g/mol. The van der Waals surface area contributed by atoms with Crippen LogP contribution in [0.4, 0.5) is 8.78 Å². The molecule has 1 aromatic rings. The van der Waals surface area contributed by atoms with Gasteiger partial charge in [0.25, 0.3) is 6.43 Å². The number of phenolic OH excluding ortho intramolecular Hbond substituents is 1. The van der Waals surface area contributed by atoms with Crippen LogP contribution in [0.15, 0.2) is 12.1 Å². The Morgan fingerprint density at radius 1 is 1.50 bits per heavy atom. The Kier molecular flexibility index (Phi) is 3.06. The SMILES string of the molecule is CC(=O)c1cc(O)c(Cl)c(C(F)F)c1. The first-order valence-electron chi connectivity index (χ1n) is 3.75. The number of halogens is 3. The van der Waals surface area contributed by atoms with E-state index in [-0.39, 0.29) is 5.56 Å². The summed E-state index contributed by atoms with van der Waals surface area (Å²) < 4.78 is 24.7. The van der Waals surface area contributed by atoms with Crippen LogP contribution in [0.3, 0.4) is 0 Å². The van der Waals surface area contributed by atoms with E-state index < -0.39 is 28.5 Å². The second-order valence-electron chi connectivity index (χ2n) is 2.76. The van der Waals surface area contributed by atoms with Gasteiger partial charge in [0, 0.05) is 11.1 Å². The van der Waals surface area contributed by atoms with Gasteiger partial charge in [0.05, 0.1) is 5.02 Å². The first-order valence-corrected chi connectivity index (χ1v) is 4.12. The van der Waals surface area contributed by atoms with Gasteiger partial charge in [0.1, 0.15) is 5.75 Å². The van der Waals surface area contributed by atoms with Crippen LogP contribution in [0.2, 0.25) is 5.02 Å². The summed E-state index contributed by atoms with van der Waals surface area (Å²) in [5.74, 6) is -0.909. The second kappa shape index (κ2) is 3.92. The van der Waals surface area contributed by atoms with Crippen molar-refractivity contribution in [3.05, 3.63) is 28.3 Å². The molecule has 0 fully saturated rings. The van der Waals surface area contributed by atoms with Crippen molar-refractivity contribution in [3.63, 3.8) is 0 Å². The number of rotatable bonds is 2. The highest BCUT2D eigenvalue weighted by Gasteiger charge is 2.17. The lowest BCUT2D eigenvalue weighted by Gasteiger charge is -2.06. The van der Waals surface area contributed by atoms with Crippen molar-refractivity contribution >= 4 is 17.4 Å². The topological polar surface area (TPSA) is 37.3 Å². The Morgan fingerprint density at radius 2 is 2.07 bits per heavy atom. The minimum absolute atomic E-state index is 0.0159. The summed E-state index contributed by atoms with van der Waals surface area (Å²) in [5.41, 5.74) is -0.515. The number of hydrogen-bond acceptors (Lipinski definition) is 2. The number of Topliss-reactive ketones (excluding diaryl/α,β-unsaturated/α-hetero) is 1. The first-order chi connectivity index (χ1) is 6.43. The minimum atomic E-state index is -2.81. The molecule has 0 aliphatic heterocycles. The fourth-order valence-electron chi connectivity index (χ4n) is 0.993. The average Bonchev–Trinajstić information content (AvgIpc) is 2.08. The summed E-state index contributed by atoms with van der Waals surface area (Å²) in [6.45, 7) is 1.22. The largest absolute Gasteiger partial charge is 0.506 e. The van der Waals surface area contributed by atoms with Crippen LogP contribution in [-0.4, -0.2) is 10.9 Å². The summed E-state index contributed by atoms with van der Waals surface area (Å²) in [6.07, 6.45) is -2.81. The van der Waals surface area contributed by atoms with Gasteiger partial charge in [-0.3, -0.25) is 4.79 Å². The third kappa shape index (κ3) is 2.01. The first kappa shape index (κ1) is 10.9. The zero-order valence-corrected chi connectivity index (χ0v) is 7.98. The maximum absolute atomic E-state index is 12.3. The Morgan fingerprint density at radius 3 is 2.50 bits per heavy atom. The normalized spacial score (nSPS) is 10.6. The van der Waals surface area contributed by atoms with Crippen LogP contribution < -0.4 is 0 Å². The highest BCUT2D eigenvalue weighted by Crippen LogP contribution is 2.34. The van der Waals surface area contributed by atoms with Gasteiger partial charge in [0.15, 0.2) is 5.78 Å². The smallest absolute Gasteiger partial charge is 0.265 e. The maximum atomic E-state index is 12.3. The van der Waals surface area contributed by atoms with E-state index in [1.165, 1.54) is 6.92 Å². The number of alkyl halides is 2. The zero-order chi connectivity index (χ0) is 10.9. The summed E-state index contributed by atoms with van der Waals surface area (Å²) >= 11 is 5.42. The number of phenols is 1. The molecule has 0 saturated heterocycles.